The van der Waals surface area contributed by atoms with Crippen LogP contribution in [0.1, 0.15) is 13.3 Å². The SMILES string of the molecule is CCN(C(=O)CSc1nc2scc(-c3cccs3)c2c(=O)n1C)[C@H]1CCS(=O)(=O)C1. The highest BCUT2D eigenvalue weighted by molar-refractivity contribution is 7.99. The molecule has 160 valence electrons. The molecule has 0 aliphatic carbocycles. The number of fused-ring (bicyclic) bond motifs is 1. The van der Waals surface area contributed by atoms with Crippen LogP contribution in [0, 0.1) is 0 Å². The maximum atomic E-state index is 13.0. The standard InChI is InChI=1S/C19H21N3O4S4/c1-3-22(12-6-8-30(25,26)11-12)15(23)10-29-19-20-17-16(18(24)21(19)2)13(9-28-17)14-5-4-7-27-14/h4-5,7,9,12H,3,6,8,10-11H2,1-2H3/t12-/m0/s1. The molecular weight excluding hydrogens is 462 g/mol. The third-order valence-corrected chi connectivity index (χ3v) is 9.74. The van der Waals surface area contributed by atoms with E-state index in [4.69, 9.17) is 0 Å². The Morgan fingerprint density at radius 1 is 1.40 bits per heavy atom. The van der Waals surface area contributed by atoms with Crippen molar-refractivity contribution in [2.45, 2.75) is 24.5 Å². The summed E-state index contributed by atoms with van der Waals surface area (Å²) in [4.78, 5) is 33.7. The number of thiophene rings is 2. The normalized spacial score (nSPS) is 18.1. The summed E-state index contributed by atoms with van der Waals surface area (Å²) in [5.41, 5.74) is 0.763. The van der Waals surface area contributed by atoms with Gasteiger partial charge in [0.15, 0.2) is 15.0 Å². The lowest BCUT2D eigenvalue weighted by molar-refractivity contribution is -0.129. The number of rotatable bonds is 6. The first kappa shape index (κ1) is 21.5. The highest BCUT2D eigenvalue weighted by Gasteiger charge is 2.33. The number of carbonyl (C=O) groups is 1. The van der Waals surface area contributed by atoms with Crippen molar-refractivity contribution >= 4 is 60.4 Å². The van der Waals surface area contributed by atoms with Gasteiger partial charge in [-0.1, -0.05) is 17.8 Å². The van der Waals surface area contributed by atoms with Crippen molar-refractivity contribution in [1.29, 1.82) is 0 Å². The topological polar surface area (TPSA) is 89.3 Å². The molecule has 1 aliphatic rings. The fraction of sp³-hybridized carbons (Fsp3) is 0.421. The molecule has 11 heteroatoms. The van der Waals surface area contributed by atoms with E-state index in [1.165, 1.54) is 27.7 Å². The van der Waals surface area contributed by atoms with Gasteiger partial charge in [0, 0.05) is 35.5 Å². The third-order valence-electron chi connectivity index (χ3n) is 5.20. The molecule has 4 heterocycles. The van der Waals surface area contributed by atoms with E-state index in [0.29, 0.717) is 28.3 Å². The molecule has 4 rings (SSSR count). The van der Waals surface area contributed by atoms with Crippen LogP contribution in [0.4, 0.5) is 0 Å². The first-order valence-corrected chi connectivity index (χ1v) is 14.0. The number of nitrogens with zero attached hydrogens (tertiary/aromatic N) is 3. The van der Waals surface area contributed by atoms with Gasteiger partial charge in [0.05, 0.1) is 22.6 Å². The largest absolute Gasteiger partial charge is 0.338 e. The Balaban J connectivity index is 1.55. The molecular formula is C19H21N3O4S4. The number of aromatic nitrogens is 2. The van der Waals surface area contributed by atoms with Gasteiger partial charge in [-0.3, -0.25) is 14.2 Å². The molecule has 0 unspecified atom stereocenters. The fourth-order valence-electron chi connectivity index (χ4n) is 3.66. The van der Waals surface area contributed by atoms with Gasteiger partial charge in [-0.15, -0.1) is 22.7 Å². The summed E-state index contributed by atoms with van der Waals surface area (Å²) in [6, 6.07) is 3.67. The molecule has 0 aromatic carbocycles. The minimum atomic E-state index is -3.06. The molecule has 3 aromatic rings. The predicted molar refractivity (Wildman–Crippen MR) is 123 cm³/mol. The molecule has 0 saturated carbocycles. The zero-order valence-electron chi connectivity index (χ0n) is 16.5. The summed E-state index contributed by atoms with van der Waals surface area (Å²) < 4.78 is 25.0. The van der Waals surface area contributed by atoms with Gasteiger partial charge in [0.25, 0.3) is 5.56 Å². The van der Waals surface area contributed by atoms with Crippen LogP contribution in [0.15, 0.2) is 32.8 Å². The maximum Gasteiger partial charge on any atom is 0.263 e. The second-order valence-corrected chi connectivity index (χ2v) is 12.1. The predicted octanol–water partition coefficient (Wildman–Crippen LogP) is 2.85. The van der Waals surface area contributed by atoms with E-state index < -0.39 is 9.84 Å². The van der Waals surface area contributed by atoms with E-state index in [9.17, 15) is 18.0 Å². The summed E-state index contributed by atoms with van der Waals surface area (Å²) in [6.07, 6.45) is 0.482. The third kappa shape index (κ3) is 4.08. The van der Waals surface area contributed by atoms with Gasteiger partial charge in [-0.25, -0.2) is 13.4 Å². The molecule has 7 nitrogen and oxygen atoms in total. The van der Waals surface area contributed by atoms with Gasteiger partial charge < -0.3 is 4.90 Å². The maximum absolute atomic E-state index is 13.0. The van der Waals surface area contributed by atoms with E-state index >= 15 is 0 Å². The van der Waals surface area contributed by atoms with Crippen LogP contribution in [0.2, 0.25) is 0 Å². The van der Waals surface area contributed by atoms with Crippen LogP contribution in [-0.4, -0.2) is 58.6 Å². The van der Waals surface area contributed by atoms with Crippen LogP contribution in [-0.2, 0) is 21.7 Å². The Morgan fingerprint density at radius 3 is 2.83 bits per heavy atom. The number of amides is 1. The highest BCUT2D eigenvalue weighted by atomic mass is 32.2. The van der Waals surface area contributed by atoms with Crippen molar-refractivity contribution in [3.63, 3.8) is 0 Å². The lowest BCUT2D eigenvalue weighted by Gasteiger charge is -2.26. The number of hydrogen-bond donors (Lipinski definition) is 0. The molecule has 3 aromatic heterocycles. The lowest BCUT2D eigenvalue weighted by atomic mass is 10.2. The van der Waals surface area contributed by atoms with Crippen molar-refractivity contribution in [3.8, 4) is 10.4 Å². The fourth-order valence-corrected chi connectivity index (χ4v) is 8.06. The Labute approximate surface area is 186 Å². The van der Waals surface area contributed by atoms with Crippen LogP contribution < -0.4 is 5.56 Å². The van der Waals surface area contributed by atoms with E-state index in [1.54, 1.807) is 23.3 Å². The van der Waals surface area contributed by atoms with Crippen molar-refractivity contribution in [2.24, 2.45) is 7.05 Å². The van der Waals surface area contributed by atoms with Gasteiger partial charge in [-0.05, 0) is 24.8 Å². The first-order valence-electron chi connectivity index (χ1n) is 9.45. The van der Waals surface area contributed by atoms with E-state index in [-0.39, 0.29) is 34.8 Å². The van der Waals surface area contributed by atoms with Crippen LogP contribution in [0.5, 0.6) is 0 Å². The van der Waals surface area contributed by atoms with Crippen molar-refractivity contribution in [3.05, 3.63) is 33.2 Å². The van der Waals surface area contributed by atoms with Crippen LogP contribution in [0.3, 0.4) is 0 Å². The molecule has 0 spiro atoms. The van der Waals surface area contributed by atoms with Gasteiger partial charge in [0.1, 0.15) is 4.83 Å². The second kappa shape index (κ2) is 8.45. The molecule has 1 amide bonds. The van der Waals surface area contributed by atoms with Crippen molar-refractivity contribution < 1.29 is 13.2 Å². The van der Waals surface area contributed by atoms with Crippen molar-refractivity contribution in [2.75, 3.05) is 23.8 Å². The quantitative estimate of drug-likeness (QED) is 0.396. The molecule has 0 N–H and O–H groups in total. The molecule has 0 radical (unpaired) electrons. The van der Waals surface area contributed by atoms with Crippen molar-refractivity contribution in [1.82, 2.24) is 14.5 Å². The number of carbonyl (C=O) groups excluding carboxylic acids is 1. The van der Waals surface area contributed by atoms with E-state index in [2.05, 4.69) is 4.98 Å². The van der Waals surface area contributed by atoms with E-state index in [0.717, 1.165) is 10.4 Å². The minimum absolute atomic E-state index is 0.0284. The highest BCUT2D eigenvalue weighted by Crippen LogP contribution is 2.34. The number of sulfone groups is 1. The van der Waals surface area contributed by atoms with Crippen LogP contribution >= 0.6 is 34.4 Å². The average Bonchev–Trinajstić information content (AvgIpc) is 3.43. The number of thioether (sulfide) groups is 1. The summed E-state index contributed by atoms with van der Waals surface area (Å²) in [6.45, 7) is 2.31. The monoisotopic (exact) mass is 483 g/mol. The van der Waals surface area contributed by atoms with Gasteiger partial charge in [-0.2, -0.15) is 0 Å². The van der Waals surface area contributed by atoms with Gasteiger partial charge >= 0.3 is 0 Å². The Morgan fingerprint density at radius 2 is 2.20 bits per heavy atom. The molecule has 1 fully saturated rings. The summed E-state index contributed by atoms with van der Waals surface area (Å²) in [7, 11) is -1.40. The molecule has 1 aliphatic heterocycles. The van der Waals surface area contributed by atoms with Gasteiger partial charge in [0.2, 0.25) is 5.91 Å². The zero-order chi connectivity index (χ0) is 21.5. The summed E-state index contributed by atoms with van der Waals surface area (Å²) in [5.74, 6) is 0.135. The molecule has 30 heavy (non-hydrogen) atoms. The second-order valence-electron chi connectivity index (χ2n) is 7.09. The Kier molecular flexibility index (Phi) is 6.06. The molecule has 0 bridgehead atoms. The Hall–Kier alpha value is -1.69. The summed E-state index contributed by atoms with van der Waals surface area (Å²) in [5, 5.41) is 5.01. The zero-order valence-corrected chi connectivity index (χ0v) is 19.8. The lowest BCUT2D eigenvalue weighted by Crippen LogP contribution is -2.42. The van der Waals surface area contributed by atoms with E-state index in [1.807, 2.05) is 29.8 Å². The number of hydrogen-bond acceptors (Lipinski definition) is 8. The molecule has 1 saturated heterocycles. The smallest absolute Gasteiger partial charge is 0.263 e. The minimum Gasteiger partial charge on any atom is -0.338 e. The Bertz CT molecular complexity index is 1240. The molecule has 1 atom stereocenters. The summed E-state index contributed by atoms with van der Waals surface area (Å²) >= 11 is 4.21. The average molecular weight is 484 g/mol. The first-order chi connectivity index (χ1) is 14.3. The van der Waals surface area contributed by atoms with Crippen LogP contribution in [0.25, 0.3) is 20.7 Å².